The Balaban J connectivity index is 2.22. The Morgan fingerprint density at radius 2 is 1.88 bits per heavy atom. The van der Waals surface area contributed by atoms with Gasteiger partial charge >= 0.3 is 5.97 Å². The second-order valence-corrected chi connectivity index (χ2v) is 5.46. The lowest BCUT2D eigenvalue weighted by Gasteiger charge is -2.17. The fraction of sp³-hybridized carbons (Fsp3) is 0.250. The van der Waals surface area contributed by atoms with Gasteiger partial charge in [-0.1, -0.05) is 41.9 Å². The molecule has 0 bridgehead atoms. The van der Waals surface area contributed by atoms with Crippen molar-refractivity contribution in [1.29, 1.82) is 0 Å². The van der Waals surface area contributed by atoms with Crippen molar-refractivity contribution in [3.05, 3.63) is 46.7 Å². The summed E-state index contributed by atoms with van der Waals surface area (Å²) in [6.45, 7) is 1.87. The number of anilines is 2. The summed E-state index contributed by atoms with van der Waals surface area (Å²) < 4.78 is 5.02. The summed E-state index contributed by atoms with van der Waals surface area (Å²) in [4.78, 5) is 32.2. The van der Waals surface area contributed by atoms with Crippen LogP contribution in [0.2, 0.25) is 5.15 Å². The quantitative estimate of drug-likeness (QED) is 0.656. The fourth-order valence-corrected chi connectivity index (χ4v) is 2.25. The van der Waals surface area contributed by atoms with Gasteiger partial charge in [-0.05, 0) is 12.5 Å². The number of halogens is 1. The van der Waals surface area contributed by atoms with E-state index in [4.69, 9.17) is 27.8 Å². The van der Waals surface area contributed by atoms with Crippen molar-refractivity contribution in [3.8, 4) is 0 Å². The molecule has 5 N–H and O–H groups in total. The Labute approximate surface area is 149 Å². The van der Waals surface area contributed by atoms with Crippen LogP contribution in [0.25, 0.3) is 0 Å². The number of carbonyl (C=O) groups is 2. The molecule has 8 nitrogen and oxygen atoms in total. The van der Waals surface area contributed by atoms with Gasteiger partial charge in [0, 0.05) is 6.42 Å². The molecule has 1 heterocycles. The van der Waals surface area contributed by atoms with Crippen molar-refractivity contribution in [2.75, 3.05) is 18.1 Å². The van der Waals surface area contributed by atoms with Gasteiger partial charge in [-0.25, -0.2) is 14.8 Å². The fourth-order valence-electron chi connectivity index (χ4n) is 2.12. The third-order valence-corrected chi connectivity index (χ3v) is 3.56. The number of nitrogens with two attached hydrogens (primary N) is 2. The predicted octanol–water partition coefficient (Wildman–Crippen LogP) is 1.20. The number of ether oxygens (including phenoxy) is 1. The Bertz CT molecular complexity index is 770. The highest BCUT2D eigenvalue weighted by Gasteiger charge is 2.25. The molecule has 1 atom stereocenters. The summed E-state index contributed by atoms with van der Waals surface area (Å²) >= 11 is 5.78. The van der Waals surface area contributed by atoms with Gasteiger partial charge in [0.15, 0.2) is 22.5 Å². The number of carbonyl (C=O) groups excluding carboxylic acids is 2. The van der Waals surface area contributed by atoms with Gasteiger partial charge in [0.2, 0.25) is 0 Å². The molecule has 0 fully saturated rings. The van der Waals surface area contributed by atoms with Gasteiger partial charge in [-0.2, -0.15) is 0 Å². The van der Waals surface area contributed by atoms with E-state index in [1.54, 1.807) is 6.92 Å². The Morgan fingerprint density at radius 1 is 1.20 bits per heavy atom. The van der Waals surface area contributed by atoms with E-state index >= 15 is 0 Å². The van der Waals surface area contributed by atoms with Crippen LogP contribution in [0.4, 0.5) is 11.6 Å². The first-order valence-electron chi connectivity index (χ1n) is 7.52. The zero-order chi connectivity index (χ0) is 18.4. The van der Waals surface area contributed by atoms with Crippen LogP contribution >= 0.6 is 11.6 Å². The minimum absolute atomic E-state index is 0.0815. The van der Waals surface area contributed by atoms with Gasteiger partial charge in [-0.3, -0.25) is 4.79 Å². The topological polar surface area (TPSA) is 133 Å². The molecule has 0 aliphatic carbocycles. The van der Waals surface area contributed by atoms with Crippen LogP contribution in [0.3, 0.4) is 0 Å². The first-order chi connectivity index (χ1) is 11.9. The number of esters is 1. The Hall–Kier alpha value is -2.87. The van der Waals surface area contributed by atoms with E-state index in [0.29, 0.717) is 0 Å². The van der Waals surface area contributed by atoms with Crippen LogP contribution in [0, 0.1) is 0 Å². The molecular weight excluding hydrogens is 346 g/mol. The molecule has 0 radical (unpaired) electrons. The second-order valence-electron chi connectivity index (χ2n) is 5.10. The summed E-state index contributed by atoms with van der Waals surface area (Å²) in [7, 11) is 0. The average molecular weight is 364 g/mol. The Kier molecular flexibility index (Phi) is 6.13. The highest BCUT2D eigenvalue weighted by molar-refractivity contribution is 6.31. The molecule has 132 valence electrons. The highest BCUT2D eigenvalue weighted by Crippen LogP contribution is 2.17. The monoisotopic (exact) mass is 363 g/mol. The van der Waals surface area contributed by atoms with Crippen molar-refractivity contribution >= 4 is 35.1 Å². The van der Waals surface area contributed by atoms with E-state index in [2.05, 4.69) is 15.3 Å². The zero-order valence-corrected chi connectivity index (χ0v) is 14.3. The molecule has 0 saturated heterocycles. The molecule has 9 heteroatoms. The number of amides is 1. The number of benzene rings is 1. The van der Waals surface area contributed by atoms with E-state index < -0.39 is 17.9 Å². The van der Waals surface area contributed by atoms with Crippen molar-refractivity contribution in [1.82, 2.24) is 15.3 Å². The average Bonchev–Trinajstić information content (AvgIpc) is 2.58. The normalized spacial score (nSPS) is 11.6. The standard InChI is InChI=1S/C16H18ClN5O3/c1-2-25-16(24)10(8-9-6-4-3-5-7-9)20-15(23)11-13(18)22-14(19)12(17)21-11/h3-7,10H,2,8H2,1H3,(H,20,23)(H4,18,19,22)/t10-/m0/s1. The van der Waals surface area contributed by atoms with Crippen LogP contribution in [-0.4, -0.2) is 34.5 Å². The molecule has 2 aromatic rings. The van der Waals surface area contributed by atoms with Crippen molar-refractivity contribution in [2.45, 2.75) is 19.4 Å². The van der Waals surface area contributed by atoms with Gasteiger partial charge in [0.05, 0.1) is 6.61 Å². The molecule has 1 aromatic carbocycles. The van der Waals surface area contributed by atoms with Crippen LogP contribution in [0.15, 0.2) is 30.3 Å². The number of nitrogen functional groups attached to an aromatic ring is 2. The number of nitrogens with one attached hydrogen (secondary N) is 1. The maximum Gasteiger partial charge on any atom is 0.328 e. The van der Waals surface area contributed by atoms with E-state index in [-0.39, 0.29) is 35.5 Å². The molecule has 1 amide bonds. The lowest BCUT2D eigenvalue weighted by atomic mass is 10.1. The van der Waals surface area contributed by atoms with Crippen LogP contribution < -0.4 is 16.8 Å². The molecule has 0 saturated carbocycles. The number of nitrogens with zero attached hydrogens (tertiary/aromatic N) is 2. The van der Waals surface area contributed by atoms with Crippen molar-refractivity contribution in [2.24, 2.45) is 0 Å². The molecule has 25 heavy (non-hydrogen) atoms. The van der Waals surface area contributed by atoms with E-state index in [0.717, 1.165) is 5.56 Å². The summed E-state index contributed by atoms with van der Waals surface area (Å²) in [5, 5.41) is 2.42. The van der Waals surface area contributed by atoms with Crippen LogP contribution in [0.1, 0.15) is 23.0 Å². The van der Waals surface area contributed by atoms with Gasteiger partial charge in [0.25, 0.3) is 5.91 Å². The van der Waals surface area contributed by atoms with Gasteiger partial charge in [0.1, 0.15) is 6.04 Å². The van der Waals surface area contributed by atoms with Crippen LogP contribution in [-0.2, 0) is 16.0 Å². The largest absolute Gasteiger partial charge is 0.464 e. The predicted molar refractivity (Wildman–Crippen MR) is 93.9 cm³/mol. The molecule has 0 spiro atoms. The number of hydrogen-bond acceptors (Lipinski definition) is 7. The second kappa shape index (κ2) is 8.29. The summed E-state index contributed by atoms with van der Waals surface area (Å²) in [6, 6.07) is 8.30. The molecule has 2 rings (SSSR count). The molecule has 0 aliphatic rings. The van der Waals surface area contributed by atoms with E-state index in [1.165, 1.54) is 0 Å². The third kappa shape index (κ3) is 4.80. The highest BCUT2D eigenvalue weighted by atomic mass is 35.5. The van der Waals surface area contributed by atoms with E-state index in [1.807, 2.05) is 30.3 Å². The maximum atomic E-state index is 12.4. The van der Waals surface area contributed by atoms with E-state index in [9.17, 15) is 9.59 Å². The molecular formula is C16H18ClN5O3. The third-order valence-electron chi connectivity index (χ3n) is 3.28. The summed E-state index contributed by atoms with van der Waals surface area (Å²) in [5.74, 6) is -1.52. The van der Waals surface area contributed by atoms with Crippen LogP contribution in [0.5, 0.6) is 0 Å². The van der Waals surface area contributed by atoms with Crippen molar-refractivity contribution < 1.29 is 14.3 Å². The Morgan fingerprint density at radius 3 is 2.52 bits per heavy atom. The smallest absolute Gasteiger partial charge is 0.328 e. The molecule has 0 unspecified atom stereocenters. The van der Waals surface area contributed by atoms with Crippen molar-refractivity contribution in [3.63, 3.8) is 0 Å². The summed E-state index contributed by atoms with van der Waals surface area (Å²) in [5.41, 5.74) is 11.8. The number of rotatable bonds is 6. The van der Waals surface area contributed by atoms with Gasteiger partial charge < -0.3 is 21.5 Å². The minimum Gasteiger partial charge on any atom is -0.464 e. The lowest BCUT2D eigenvalue weighted by Crippen LogP contribution is -2.44. The SMILES string of the molecule is CCOC(=O)[C@H](Cc1ccccc1)NC(=O)c1nc(Cl)c(N)nc1N. The molecule has 0 aliphatic heterocycles. The number of aromatic nitrogens is 2. The lowest BCUT2D eigenvalue weighted by molar-refractivity contribution is -0.145. The molecule has 1 aromatic heterocycles. The van der Waals surface area contributed by atoms with Gasteiger partial charge in [-0.15, -0.1) is 0 Å². The first kappa shape index (κ1) is 18.5. The summed E-state index contributed by atoms with van der Waals surface area (Å²) in [6.07, 6.45) is 0.251. The maximum absolute atomic E-state index is 12.4. The minimum atomic E-state index is -0.910. The first-order valence-corrected chi connectivity index (χ1v) is 7.90. The zero-order valence-electron chi connectivity index (χ0n) is 13.5. The number of hydrogen-bond donors (Lipinski definition) is 3.